The minimum atomic E-state index is 0.00792. The van der Waals surface area contributed by atoms with Crippen molar-refractivity contribution in [3.63, 3.8) is 0 Å². The fourth-order valence-corrected chi connectivity index (χ4v) is 2.12. The van der Waals surface area contributed by atoms with Crippen molar-refractivity contribution in [1.82, 2.24) is 15.3 Å². The highest BCUT2D eigenvalue weighted by Crippen LogP contribution is 2.26. The number of ether oxygens (including phenoxy) is 2. The van der Waals surface area contributed by atoms with E-state index in [1.54, 1.807) is 26.6 Å². The molecule has 1 aromatic heterocycles. The average molecular weight is 267 g/mol. The lowest BCUT2D eigenvalue weighted by Crippen LogP contribution is -2.35. The van der Waals surface area contributed by atoms with Gasteiger partial charge in [0.25, 0.3) is 0 Å². The van der Waals surface area contributed by atoms with Crippen LogP contribution in [0.4, 0.5) is 0 Å². The molecule has 1 rings (SSSR count). The first kappa shape index (κ1) is 15.9. The van der Waals surface area contributed by atoms with Gasteiger partial charge in [0.15, 0.2) is 0 Å². The monoisotopic (exact) mass is 267 g/mol. The third-order valence-corrected chi connectivity index (χ3v) is 3.04. The Morgan fingerprint density at radius 3 is 2.47 bits per heavy atom. The van der Waals surface area contributed by atoms with Gasteiger partial charge < -0.3 is 14.8 Å². The minimum Gasteiger partial charge on any atom is -0.480 e. The molecule has 0 spiro atoms. The molecule has 1 aromatic rings. The molecular weight excluding hydrogens is 242 g/mol. The average Bonchev–Trinajstić information content (AvgIpc) is 2.46. The summed E-state index contributed by atoms with van der Waals surface area (Å²) in [5.74, 6) is 0.564. The zero-order valence-electron chi connectivity index (χ0n) is 12.3. The summed E-state index contributed by atoms with van der Waals surface area (Å²) in [6.45, 7) is 5.20. The Kier molecular flexibility index (Phi) is 7.36. The van der Waals surface area contributed by atoms with Crippen LogP contribution in [0.15, 0.2) is 12.4 Å². The van der Waals surface area contributed by atoms with Crippen LogP contribution in [0.3, 0.4) is 0 Å². The highest BCUT2D eigenvalue weighted by atomic mass is 16.5. The van der Waals surface area contributed by atoms with E-state index >= 15 is 0 Å². The molecule has 0 aliphatic rings. The fraction of sp³-hybridized carbons (Fsp3) is 0.714. The number of hydrogen-bond acceptors (Lipinski definition) is 5. The van der Waals surface area contributed by atoms with E-state index in [0.29, 0.717) is 5.88 Å². The zero-order chi connectivity index (χ0) is 14.1. The Hall–Kier alpha value is -1.20. The molecule has 0 radical (unpaired) electrons. The number of hydrogen-bond donors (Lipinski definition) is 1. The maximum Gasteiger partial charge on any atom is 0.237 e. The Bertz CT molecular complexity index is 360. The lowest BCUT2D eigenvalue weighted by molar-refractivity contribution is 0.0582. The lowest BCUT2D eigenvalue weighted by atomic mass is 10.0. The zero-order valence-corrected chi connectivity index (χ0v) is 12.3. The highest BCUT2D eigenvalue weighted by molar-refractivity contribution is 5.22. The van der Waals surface area contributed by atoms with Crippen LogP contribution < -0.4 is 10.1 Å². The van der Waals surface area contributed by atoms with Gasteiger partial charge >= 0.3 is 0 Å². The van der Waals surface area contributed by atoms with Gasteiger partial charge in [-0.15, -0.1) is 0 Å². The topological polar surface area (TPSA) is 56.3 Å². The van der Waals surface area contributed by atoms with Crippen molar-refractivity contribution in [3.05, 3.63) is 18.1 Å². The molecule has 108 valence electrons. The van der Waals surface area contributed by atoms with E-state index in [2.05, 4.69) is 29.1 Å². The van der Waals surface area contributed by atoms with Crippen molar-refractivity contribution in [2.45, 2.75) is 45.3 Å². The van der Waals surface area contributed by atoms with Gasteiger partial charge in [0, 0.05) is 19.5 Å². The molecule has 0 aliphatic carbocycles. The lowest BCUT2D eigenvalue weighted by Gasteiger charge is -2.27. The van der Waals surface area contributed by atoms with E-state index in [-0.39, 0.29) is 12.1 Å². The standard InChI is InChI=1S/C14H25N3O2/c1-5-7-11(18-3)12(15-8-6-2)13-14(19-4)17-10-9-16-13/h9-12,15H,5-8H2,1-4H3. The summed E-state index contributed by atoms with van der Waals surface area (Å²) in [5, 5.41) is 3.49. The summed E-state index contributed by atoms with van der Waals surface area (Å²) < 4.78 is 10.9. The van der Waals surface area contributed by atoms with Crippen molar-refractivity contribution in [2.24, 2.45) is 0 Å². The summed E-state index contributed by atoms with van der Waals surface area (Å²) in [7, 11) is 3.36. The van der Waals surface area contributed by atoms with E-state index in [4.69, 9.17) is 9.47 Å². The second-order valence-electron chi connectivity index (χ2n) is 4.45. The maximum absolute atomic E-state index is 5.62. The van der Waals surface area contributed by atoms with Crippen molar-refractivity contribution in [2.75, 3.05) is 20.8 Å². The van der Waals surface area contributed by atoms with E-state index in [1.807, 2.05) is 0 Å². The molecule has 0 bridgehead atoms. The van der Waals surface area contributed by atoms with E-state index < -0.39 is 0 Å². The van der Waals surface area contributed by atoms with Gasteiger partial charge in [0.05, 0.1) is 19.3 Å². The van der Waals surface area contributed by atoms with Crippen LogP contribution in [0.2, 0.25) is 0 Å². The van der Waals surface area contributed by atoms with Gasteiger partial charge in [-0.2, -0.15) is 0 Å². The molecule has 0 aromatic carbocycles. The molecule has 2 unspecified atom stereocenters. The number of nitrogens with zero attached hydrogens (tertiary/aromatic N) is 2. The molecule has 1 N–H and O–H groups in total. The van der Waals surface area contributed by atoms with Crippen LogP contribution in [0, 0.1) is 0 Å². The molecule has 0 fully saturated rings. The van der Waals surface area contributed by atoms with E-state index in [9.17, 15) is 0 Å². The van der Waals surface area contributed by atoms with Gasteiger partial charge in [-0.05, 0) is 19.4 Å². The predicted molar refractivity (Wildman–Crippen MR) is 75.3 cm³/mol. The van der Waals surface area contributed by atoms with Crippen molar-refractivity contribution < 1.29 is 9.47 Å². The molecule has 19 heavy (non-hydrogen) atoms. The van der Waals surface area contributed by atoms with Gasteiger partial charge in [0.2, 0.25) is 5.88 Å². The Labute approximate surface area is 115 Å². The summed E-state index contributed by atoms with van der Waals surface area (Å²) >= 11 is 0. The van der Waals surface area contributed by atoms with Crippen molar-refractivity contribution in [3.8, 4) is 5.88 Å². The van der Waals surface area contributed by atoms with Gasteiger partial charge in [-0.25, -0.2) is 4.98 Å². The third kappa shape index (κ3) is 4.44. The van der Waals surface area contributed by atoms with Crippen LogP contribution in [-0.4, -0.2) is 36.8 Å². The first-order chi connectivity index (χ1) is 9.28. The van der Waals surface area contributed by atoms with Crippen molar-refractivity contribution >= 4 is 0 Å². The molecule has 0 saturated heterocycles. The third-order valence-electron chi connectivity index (χ3n) is 3.04. The normalized spacial score (nSPS) is 14.1. The summed E-state index contributed by atoms with van der Waals surface area (Å²) in [6.07, 6.45) is 6.49. The molecule has 0 saturated carbocycles. The maximum atomic E-state index is 5.62. The first-order valence-corrected chi connectivity index (χ1v) is 6.89. The molecule has 0 amide bonds. The summed E-state index contributed by atoms with van der Waals surface area (Å²) in [4.78, 5) is 8.65. The Balaban J connectivity index is 2.99. The summed E-state index contributed by atoms with van der Waals surface area (Å²) in [5.41, 5.74) is 0.818. The van der Waals surface area contributed by atoms with E-state index in [0.717, 1.165) is 31.5 Å². The van der Waals surface area contributed by atoms with Crippen LogP contribution in [0.25, 0.3) is 0 Å². The number of nitrogens with one attached hydrogen (secondary N) is 1. The smallest absolute Gasteiger partial charge is 0.237 e. The Morgan fingerprint density at radius 1 is 1.16 bits per heavy atom. The quantitative estimate of drug-likeness (QED) is 0.744. The largest absolute Gasteiger partial charge is 0.480 e. The van der Waals surface area contributed by atoms with Gasteiger partial charge in [0.1, 0.15) is 5.69 Å². The molecule has 5 nitrogen and oxygen atoms in total. The van der Waals surface area contributed by atoms with Crippen molar-refractivity contribution in [1.29, 1.82) is 0 Å². The van der Waals surface area contributed by atoms with Crippen LogP contribution >= 0.6 is 0 Å². The molecular formula is C14H25N3O2. The van der Waals surface area contributed by atoms with Crippen LogP contribution in [-0.2, 0) is 4.74 Å². The van der Waals surface area contributed by atoms with E-state index in [1.165, 1.54) is 0 Å². The first-order valence-electron chi connectivity index (χ1n) is 6.89. The minimum absolute atomic E-state index is 0.00792. The molecule has 2 atom stereocenters. The molecule has 0 aliphatic heterocycles. The second-order valence-corrected chi connectivity index (χ2v) is 4.45. The number of aromatic nitrogens is 2. The predicted octanol–water partition coefficient (Wildman–Crippen LogP) is 2.34. The van der Waals surface area contributed by atoms with Crippen LogP contribution in [0.1, 0.15) is 44.8 Å². The summed E-state index contributed by atoms with van der Waals surface area (Å²) in [6, 6.07) is 0.00792. The van der Waals surface area contributed by atoms with Crippen LogP contribution in [0.5, 0.6) is 5.88 Å². The SMILES string of the molecule is CCCNC(c1nccnc1OC)C(CCC)OC. The second kappa shape index (κ2) is 8.82. The number of methoxy groups -OCH3 is 2. The Morgan fingerprint density at radius 2 is 1.89 bits per heavy atom. The van der Waals surface area contributed by atoms with Gasteiger partial charge in [-0.1, -0.05) is 20.3 Å². The molecule has 1 heterocycles. The fourth-order valence-electron chi connectivity index (χ4n) is 2.12. The highest BCUT2D eigenvalue weighted by Gasteiger charge is 2.26. The van der Waals surface area contributed by atoms with Gasteiger partial charge in [-0.3, -0.25) is 4.98 Å². The molecule has 5 heteroatoms. The number of rotatable bonds is 9.